The van der Waals surface area contributed by atoms with Crippen molar-refractivity contribution in [3.05, 3.63) is 52.5 Å². The molecule has 0 saturated carbocycles. The lowest BCUT2D eigenvalue weighted by Gasteiger charge is -1.96. The topological polar surface area (TPSA) is 3.88 Å². The van der Waals surface area contributed by atoms with Gasteiger partial charge in [0.1, 0.15) is 0 Å². The van der Waals surface area contributed by atoms with E-state index in [1.807, 2.05) is 0 Å². The molecule has 2 heteroatoms. The maximum absolute atomic E-state index is 2.23. The first kappa shape index (κ1) is 8.45. The Morgan fingerprint density at radius 1 is 1.38 bits per heavy atom. The van der Waals surface area contributed by atoms with E-state index in [-0.39, 0.29) is 0 Å². The molecule has 0 atom stereocenters. The average molecular weight is 190 g/mol. The van der Waals surface area contributed by atoms with E-state index in [4.69, 9.17) is 0 Å². The molecule has 0 N–H and O–H groups in total. The summed E-state index contributed by atoms with van der Waals surface area (Å²) in [7, 11) is 0. The molecule has 1 nitrogen and oxygen atoms in total. The van der Waals surface area contributed by atoms with Gasteiger partial charge in [0, 0.05) is 5.56 Å². The molecule has 0 unspecified atom stereocenters. The second-order valence-corrected chi connectivity index (χ2v) is 3.94. The Morgan fingerprint density at radius 2 is 2.31 bits per heavy atom. The Morgan fingerprint density at radius 3 is 3.00 bits per heavy atom. The first-order valence-electron chi connectivity index (χ1n) is 4.31. The molecule has 1 aromatic carbocycles. The summed E-state index contributed by atoms with van der Waals surface area (Å²) >= 11 is 1.73. The van der Waals surface area contributed by atoms with E-state index in [2.05, 4.69) is 52.8 Å². The highest BCUT2D eigenvalue weighted by Crippen LogP contribution is 2.03. The molecule has 0 aliphatic carbocycles. The average Bonchev–Trinajstić information content (AvgIpc) is 2.57. The van der Waals surface area contributed by atoms with Crippen molar-refractivity contribution in [1.29, 1.82) is 0 Å². The van der Waals surface area contributed by atoms with Crippen LogP contribution in [0.2, 0.25) is 0 Å². The minimum Gasteiger partial charge on any atom is -0.191 e. The van der Waals surface area contributed by atoms with Crippen LogP contribution in [-0.2, 0) is 6.54 Å². The minimum absolute atomic E-state index is 0.977. The zero-order chi connectivity index (χ0) is 9.10. The van der Waals surface area contributed by atoms with Crippen LogP contribution in [0, 0.1) is 6.92 Å². The van der Waals surface area contributed by atoms with Crippen LogP contribution in [-0.4, -0.2) is 0 Å². The van der Waals surface area contributed by atoms with Crippen LogP contribution < -0.4 is 4.57 Å². The van der Waals surface area contributed by atoms with Gasteiger partial charge >= 0.3 is 0 Å². The second-order valence-electron chi connectivity index (χ2n) is 3.19. The quantitative estimate of drug-likeness (QED) is 0.640. The summed E-state index contributed by atoms with van der Waals surface area (Å²) in [4.78, 5) is 0. The van der Waals surface area contributed by atoms with Crippen molar-refractivity contribution in [2.24, 2.45) is 0 Å². The van der Waals surface area contributed by atoms with E-state index >= 15 is 0 Å². The highest BCUT2D eigenvalue weighted by molar-refractivity contribution is 7.07. The molecule has 0 aliphatic heterocycles. The molecule has 0 bridgehead atoms. The van der Waals surface area contributed by atoms with Crippen LogP contribution in [0.25, 0.3) is 0 Å². The Bertz CT molecular complexity index is 379. The summed E-state index contributed by atoms with van der Waals surface area (Å²) in [6.07, 6.45) is 2.10. The Balaban J connectivity index is 2.19. The molecule has 66 valence electrons. The summed E-state index contributed by atoms with van der Waals surface area (Å²) < 4.78 is 2.19. The third-order valence-corrected chi connectivity index (χ3v) is 2.65. The molecule has 1 heterocycles. The Hall–Kier alpha value is -1.15. The van der Waals surface area contributed by atoms with E-state index in [1.54, 1.807) is 11.3 Å². The van der Waals surface area contributed by atoms with Gasteiger partial charge in [-0.2, -0.15) is 4.57 Å². The number of aromatic nitrogens is 1. The van der Waals surface area contributed by atoms with Gasteiger partial charge in [0.25, 0.3) is 0 Å². The number of hydrogen-bond donors (Lipinski definition) is 0. The van der Waals surface area contributed by atoms with E-state index in [0.717, 1.165) is 6.54 Å². The van der Waals surface area contributed by atoms with Crippen LogP contribution in [0.4, 0.5) is 0 Å². The number of nitrogens with zero attached hydrogens (tertiary/aromatic N) is 1. The lowest BCUT2D eigenvalue weighted by molar-refractivity contribution is -0.683. The molecule has 0 radical (unpaired) electrons. The van der Waals surface area contributed by atoms with Crippen molar-refractivity contribution < 1.29 is 4.57 Å². The van der Waals surface area contributed by atoms with Gasteiger partial charge in [-0.05, 0) is 13.0 Å². The summed E-state index contributed by atoms with van der Waals surface area (Å²) in [6, 6.07) is 8.63. The van der Waals surface area contributed by atoms with Gasteiger partial charge in [0.05, 0.1) is 5.38 Å². The van der Waals surface area contributed by atoms with E-state index in [1.165, 1.54) is 11.1 Å². The fourth-order valence-corrected chi connectivity index (χ4v) is 1.97. The lowest BCUT2D eigenvalue weighted by atomic mass is 10.1. The van der Waals surface area contributed by atoms with Gasteiger partial charge in [-0.3, -0.25) is 0 Å². The molecule has 2 rings (SSSR count). The van der Waals surface area contributed by atoms with Crippen molar-refractivity contribution in [1.82, 2.24) is 0 Å². The first-order chi connectivity index (χ1) is 6.34. The number of hydrogen-bond acceptors (Lipinski definition) is 1. The van der Waals surface area contributed by atoms with Crippen LogP contribution in [0.3, 0.4) is 0 Å². The number of aryl methyl sites for hydroxylation is 1. The third kappa shape index (κ3) is 2.16. The lowest BCUT2D eigenvalue weighted by Crippen LogP contribution is -2.30. The van der Waals surface area contributed by atoms with Crippen molar-refractivity contribution in [3.8, 4) is 0 Å². The maximum Gasteiger partial charge on any atom is 0.224 e. The summed E-state index contributed by atoms with van der Waals surface area (Å²) in [6.45, 7) is 3.10. The van der Waals surface area contributed by atoms with Crippen molar-refractivity contribution in [3.63, 3.8) is 0 Å². The zero-order valence-electron chi connectivity index (χ0n) is 7.60. The highest BCUT2D eigenvalue weighted by Gasteiger charge is 2.01. The largest absolute Gasteiger partial charge is 0.224 e. The second kappa shape index (κ2) is 3.71. The van der Waals surface area contributed by atoms with Crippen LogP contribution in [0.15, 0.2) is 41.4 Å². The fourth-order valence-electron chi connectivity index (χ4n) is 1.37. The Kier molecular flexibility index (Phi) is 2.41. The fraction of sp³-hybridized carbons (Fsp3) is 0.182. The monoisotopic (exact) mass is 190 g/mol. The Labute approximate surface area is 82.3 Å². The predicted octanol–water partition coefficient (Wildman–Crippen LogP) is 2.39. The van der Waals surface area contributed by atoms with Crippen LogP contribution in [0.5, 0.6) is 0 Å². The molecule has 0 spiro atoms. The van der Waals surface area contributed by atoms with Crippen molar-refractivity contribution >= 4 is 11.3 Å². The predicted molar refractivity (Wildman–Crippen MR) is 54.8 cm³/mol. The molecule has 0 amide bonds. The smallest absolute Gasteiger partial charge is 0.191 e. The molecular formula is C11H12NS+. The van der Waals surface area contributed by atoms with Gasteiger partial charge in [-0.15, -0.1) is 0 Å². The van der Waals surface area contributed by atoms with Gasteiger partial charge in [-0.1, -0.05) is 35.1 Å². The summed E-state index contributed by atoms with van der Waals surface area (Å²) in [5, 5.41) is 2.09. The number of rotatable bonds is 2. The zero-order valence-corrected chi connectivity index (χ0v) is 8.42. The van der Waals surface area contributed by atoms with Crippen molar-refractivity contribution in [2.75, 3.05) is 0 Å². The molecule has 13 heavy (non-hydrogen) atoms. The number of thiazole rings is 1. The molecule has 0 saturated heterocycles. The first-order valence-corrected chi connectivity index (χ1v) is 5.26. The molecule has 1 aromatic heterocycles. The molecule has 0 fully saturated rings. The minimum atomic E-state index is 0.977. The van der Waals surface area contributed by atoms with Crippen molar-refractivity contribution in [2.45, 2.75) is 13.5 Å². The number of benzene rings is 1. The summed E-state index contributed by atoms with van der Waals surface area (Å²) in [5.41, 5.74) is 4.82. The van der Waals surface area contributed by atoms with E-state index < -0.39 is 0 Å². The van der Waals surface area contributed by atoms with Crippen LogP contribution in [0.1, 0.15) is 11.1 Å². The third-order valence-electron chi connectivity index (χ3n) is 1.97. The van der Waals surface area contributed by atoms with Crippen LogP contribution >= 0.6 is 11.3 Å². The highest BCUT2D eigenvalue weighted by atomic mass is 32.1. The molecule has 0 aliphatic rings. The molecule has 2 aromatic rings. The van der Waals surface area contributed by atoms with Gasteiger partial charge in [-0.25, -0.2) is 0 Å². The van der Waals surface area contributed by atoms with Gasteiger partial charge < -0.3 is 0 Å². The standard InChI is InChI=1S/C11H12NS/c1-10-3-2-4-11(7-10)8-12-5-6-13-9-12/h2-7,9H,8H2,1H3/q+1. The van der Waals surface area contributed by atoms with E-state index in [9.17, 15) is 0 Å². The molecular weight excluding hydrogens is 178 g/mol. The normalized spacial score (nSPS) is 10.2. The SMILES string of the molecule is Cc1cccc(C[n+]2ccsc2)c1. The maximum atomic E-state index is 2.23. The van der Waals surface area contributed by atoms with E-state index in [0.29, 0.717) is 0 Å². The van der Waals surface area contributed by atoms with Gasteiger partial charge in [0.2, 0.25) is 5.51 Å². The summed E-state index contributed by atoms with van der Waals surface area (Å²) in [5.74, 6) is 0. The van der Waals surface area contributed by atoms with Gasteiger partial charge in [0.15, 0.2) is 12.7 Å².